The van der Waals surface area contributed by atoms with Gasteiger partial charge in [-0.15, -0.1) is 23.2 Å². The summed E-state index contributed by atoms with van der Waals surface area (Å²) in [6.45, 7) is 0. The predicted octanol–water partition coefficient (Wildman–Crippen LogP) is 4.96. The van der Waals surface area contributed by atoms with Gasteiger partial charge in [-0.25, -0.2) is 0 Å². The van der Waals surface area contributed by atoms with E-state index >= 15 is 0 Å². The van der Waals surface area contributed by atoms with E-state index in [0.29, 0.717) is 11.8 Å². The Balaban J connectivity index is 2.08. The molecule has 17 heavy (non-hydrogen) atoms. The largest absolute Gasteiger partial charge is 0.457 e. The molecule has 0 aromatic heterocycles. The van der Waals surface area contributed by atoms with E-state index in [1.807, 2.05) is 48.5 Å². The summed E-state index contributed by atoms with van der Waals surface area (Å²) in [4.78, 5) is 0. The highest BCUT2D eigenvalue weighted by molar-refractivity contribution is 6.17. The molecule has 0 fully saturated rings. The molecule has 88 valence electrons. The number of ether oxygens (including phenoxy) is 1. The molecule has 3 heteroatoms. The van der Waals surface area contributed by atoms with Crippen LogP contribution in [0.2, 0.25) is 0 Å². The first-order chi connectivity index (χ1) is 8.31. The summed E-state index contributed by atoms with van der Waals surface area (Å²) in [7, 11) is 0. The van der Waals surface area contributed by atoms with Crippen LogP contribution in [0.4, 0.5) is 0 Å². The van der Waals surface area contributed by atoms with Crippen molar-refractivity contribution in [2.45, 2.75) is 11.8 Å². The number of halogens is 2. The van der Waals surface area contributed by atoms with Crippen molar-refractivity contribution in [1.82, 2.24) is 0 Å². The van der Waals surface area contributed by atoms with E-state index in [2.05, 4.69) is 0 Å². The summed E-state index contributed by atoms with van der Waals surface area (Å²) in [5.74, 6) is 2.64. The SMILES string of the molecule is ClCc1ccc(Oc2ccc(CCl)cc2)cc1. The average Bonchev–Trinajstić information content (AvgIpc) is 2.40. The first-order valence-electron chi connectivity index (χ1n) is 5.29. The highest BCUT2D eigenvalue weighted by Crippen LogP contribution is 2.22. The summed E-state index contributed by atoms with van der Waals surface area (Å²) in [5.41, 5.74) is 2.16. The van der Waals surface area contributed by atoms with Crippen LogP contribution in [0.1, 0.15) is 11.1 Å². The molecular weight excluding hydrogens is 255 g/mol. The van der Waals surface area contributed by atoms with Gasteiger partial charge in [0.25, 0.3) is 0 Å². The normalized spacial score (nSPS) is 10.2. The summed E-state index contributed by atoms with van der Waals surface area (Å²) in [6, 6.07) is 15.5. The maximum absolute atomic E-state index is 5.72. The van der Waals surface area contributed by atoms with Gasteiger partial charge in [-0.1, -0.05) is 24.3 Å². The van der Waals surface area contributed by atoms with Gasteiger partial charge in [0.05, 0.1) is 0 Å². The third kappa shape index (κ3) is 3.39. The lowest BCUT2D eigenvalue weighted by Gasteiger charge is -2.06. The van der Waals surface area contributed by atoms with E-state index in [4.69, 9.17) is 27.9 Å². The van der Waals surface area contributed by atoms with Crippen molar-refractivity contribution < 1.29 is 4.74 Å². The summed E-state index contributed by atoms with van der Waals surface area (Å²) in [5, 5.41) is 0. The molecule has 0 aliphatic heterocycles. The molecule has 0 aliphatic carbocycles. The van der Waals surface area contributed by atoms with Crippen molar-refractivity contribution in [2.75, 3.05) is 0 Å². The van der Waals surface area contributed by atoms with E-state index in [0.717, 1.165) is 22.6 Å². The Labute approximate surface area is 111 Å². The van der Waals surface area contributed by atoms with E-state index in [9.17, 15) is 0 Å². The molecule has 2 aromatic carbocycles. The lowest BCUT2D eigenvalue weighted by molar-refractivity contribution is 0.482. The van der Waals surface area contributed by atoms with Gasteiger partial charge in [-0.05, 0) is 35.4 Å². The Morgan fingerprint density at radius 2 is 1.00 bits per heavy atom. The third-order valence-corrected chi connectivity index (χ3v) is 3.01. The maximum atomic E-state index is 5.72. The fourth-order valence-electron chi connectivity index (χ4n) is 1.43. The average molecular weight is 267 g/mol. The molecular formula is C14H12Cl2O. The zero-order valence-electron chi connectivity index (χ0n) is 9.20. The van der Waals surface area contributed by atoms with E-state index < -0.39 is 0 Å². The predicted molar refractivity (Wildman–Crippen MR) is 72.1 cm³/mol. The second kappa shape index (κ2) is 5.95. The molecule has 0 unspecified atom stereocenters. The van der Waals surface area contributed by atoms with Gasteiger partial charge in [0.2, 0.25) is 0 Å². The smallest absolute Gasteiger partial charge is 0.127 e. The highest BCUT2D eigenvalue weighted by Gasteiger charge is 1.98. The maximum Gasteiger partial charge on any atom is 0.127 e. The molecule has 2 rings (SSSR count). The van der Waals surface area contributed by atoms with Crippen molar-refractivity contribution >= 4 is 23.2 Å². The Bertz CT molecular complexity index is 417. The topological polar surface area (TPSA) is 9.23 Å². The first-order valence-corrected chi connectivity index (χ1v) is 6.36. The van der Waals surface area contributed by atoms with Crippen molar-refractivity contribution in [2.24, 2.45) is 0 Å². The second-order valence-electron chi connectivity index (χ2n) is 3.66. The number of hydrogen-bond acceptors (Lipinski definition) is 1. The van der Waals surface area contributed by atoms with E-state index in [1.165, 1.54) is 0 Å². The Morgan fingerprint density at radius 1 is 0.647 bits per heavy atom. The highest BCUT2D eigenvalue weighted by atomic mass is 35.5. The molecule has 0 radical (unpaired) electrons. The van der Waals surface area contributed by atoms with E-state index in [-0.39, 0.29) is 0 Å². The minimum absolute atomic E-state index is 0.519. The number of hydrogen-bond donors (Lipinski definition) is 0. The van der Waals surface area contributed by atoms with Crippen LogP contribution in [-0.2, 0) is 11.8 Å². The van der Waals surface area contributed by atoms with Gasteiger partial charge < -0.3 is 4.74 Å². The van der Waals surface area contributed by atoms with Crippen molar-refractivity contribution in [3.05, 3.63) is 59.7 Å². The van der Waals surface area contributed by atoms with Crippen LogP contribution in [0, 0.1) is 0 Å². The zero-order valence-corrected chi connectivity index (χ0v) is 10.7. The zero-order chi connectivity index (χ0) is 12.1. The molecule has 0 N–H and O–H groups in total. The third-order valence-electron chi connectivity index (χ3n) is 2.39. The summed E-state index contributed by atoms with van der Waals surface area (Å²) in [6.07, 6.45) is 0. The number of benzene rings is 2. The van der Waals surface area contributed by atoms with Crippen LogP contribution in [0.15, 0.2) is 48.5 Å². The molecule has 2 aromatic rings. The van der Waals surface area contributed by atoms with Crippen molar-refractivity contribution in [3.8, 4) is 11.5 Å². The minimum atomic E-state index is 0.519. The van der Waals surface area contributed by atoms with Crippen LogP contribution >= 0.6 is 23.2 Å². The number of rotatable bonds is 4. The lowest BCUT2D eigenvalue weighted by atomic mass is 10.2. The fourth-order valence-corrected chi connectivity index (χ4v) is 1.79. The van der Waals surface area contributed by atoms with Gasteiger partial charge >= 0.3 is 0 Å². The first kappa shape index (κ1) is 12.3. The van der Waals surface area contributed by atoms with Gasteiger partial charge in [0.1, 0.15) is 11.5 Å². The van der Waals surface area contributed by atoms with Gasteiger partial charge in [0, 0.05) is 11.8 Å². The molecule has 0 saturated heterocycles. The number of alkyl halides is 2. The molecule has 0 amide bonds. The van der Waals surface area contributed by atoms with Crippen LogP contribution < -0.4 is 4.74 Å². The van der Waals surface area contributed by atoms with Gasteiger partial charge in [-0.2, -0.15) is 0 Å². The van der Waals surface area contributed by atoms with Crippen LogP contribution in [-0.4, -0.2) is 0 Å². The molecule has 0 bridgehead atoms. The van der Waals surface area contributed by atoms with Crippen LogP contribution in [0.25, 0.3) is 0 Å². The van der Waals surface area contributed by atoms with Crippen LogP contribution in [0.5, 0.6) is 11.5 Å². The molecule has 0 spiro atoms. The van der Waals surface area contributed by atoms with Crippen LogP contribution in [0.3, 0.4) is 0 Å². The van der Waals surface area contributed by atoms with Crippen molar-refractivity contribution in [1.29, 1.82) is 0 Å². The molecule has 0 saturated carbocycles. The fraction of sp³-hybridized carbons (Fsp3) is 0.143. The Morgan fingerprint density at radius 3 is 1.29 bits per heavy atom. The summed E-state index contributed by atoms with van der Waals surface area (Å²) >= 11 is 11.4. The molecule has 0 aliphatic rings. The van der Waals surface area contributed by atoms with Gasteiger partial charge in [0.15, 0.2) is 0 Å². The Kier molecular flexibility index (Phi) is 4.29. The van der Waals surface area contributed by atoms with Crippen molar-refractivity contribution in [3.63, 3.8) is 0 Å². The Hall–Kier alpha value is -1.18. The monoisotopic (exact) mass is 266 g/mol. The summed E-state index contributed by atoms with van der Waals surface area (Å²) < 4.78 is 5.69. The molecule has 0 heterocycles. The second-order valence-corrected chi connectivity index (χ2v) is 4.19. The minimum Gasteiger partial charge on any atom is -0.457 e. The quantitative estimate of drug-likeness (QED) is 0.711. The standard InChI is InChI=1S/C14H12Cl2O/c15-9-11-1-5-13(6-2-11)17-14-7-3-12(10-16)4-8-14/h1-8H,9-10H2. The van der Waals surface area contributed by atoms with E-state index in [1.54, 1.807) is 0 Å². The lowest BCUT2D eigenvalue weighted by Crippen LogP contribution is -1.85. The molecule has 1 nitrogen and oxygen atoms in total. The van der Waals surface area contributed by atoms with Gasteiger partial charge in [-0.3, -0.25) is 0 Å². The molecule has 0 atom stereocenters.